The first-order valence-electron chi connectivity index (χ1n) is 7.64. The summed E-state index contributed by atoms with van der Waals surface area (Å²) in [5.74, 6) is 0.565. The van der Waals surface area contributed by atoms with Crippen LogP contribution in [-0.4, -0.2) is 10.8 Å². The van der Waals surface area contributed by atoms with E-state index in [1.165, 1.54) is 32.3 Å². The summed E-state index contributed by atoms with van der Waals surface area (Å²) in [5.41, 5.74) is 4.13. The van der Waals surface area contributed by atoms with Crippen LogP contribution in [0.1, 0.15) is 45.2 Å². The molecule has 1 heterocycles. The van der Waals surface area contributed by atoms with Gasteiger partial charge in [-0.3, -0.25) is 0 Å². The van der Waals surface area contributed by atoms with E-state index in [0.717, 1.165) is 0 Å². The molecule has 3 rings (SSSR count). The summed E-state index contributed by atoms with van der Waals surface area (Å²) in [4.78, 5) is 1.33. The van der Waals surface area contributed by atoms with Gasteiger partial charge in [0.15, 0.2) is 0 Å². The minimum Gasteiger partial charge on any atom is -0.338 e. The largest absolute Gasteiger partial charge is 0.338 e. The molecule has 0 aliphatic rings. The molecule has 0 radical (unpaired) electrons. The van der Waals surface area contributed by atoms with Gasteiger partial charge in [-0.2, -0.15) is 0 Å². The highest BCUT2D eigenvalue weighted by Crippen LogP contribution is 2.35. The zero-order chi connectivity index (χ0) is 15.1. The van der Waals surface area contributed by atoms with Gasteiger partial charge in [0.1, 0.15) is 0 Å². The molecule has 0 bridgehead atoms. The highest BCUT2D eigenvalue weighted by molar-refractivity contribution is 7.98. The first-order chi connectivity index (χ1) is 10.0. The number of fused-ring (bicyclic) bond motifs is 3. The van der Waals surface area contributed by atoms with Gasteiger partial charge in [-0.15, -0.1) is 11.8 Å². The van der Waals surface area contributed by atoms with Crippen molar-refractivity contribution in [3.8, 4) is 0 Å². The lowest BCUT2D eigenvalue weighted by Crippen LogP contribution is -2.00. The van der Waals surface area contributed by atoms with Crippen LogP contribution < -0.4 is 0 Å². The maximum absolute atomic E-state index is 2.48. The smallest absolute Gasteiger partial charge is 0.0505 e. The third-order valence-corrected chi connectivity index (χ3v) is 4.94. The SMILES string of the molecule is CSc1ccc2c3ccc(C(C)C)cc3n(C(C)C)c2c1. The standard InChI is InChI=1S/C19H23NS/c1-12(2)14-6-8-16-17-9-7-15(21-5)11-19(17)20(13(3)4)18(16)10-14/h6-13H,1-5H3. The summed E-state index contributed by atoms with van der Waals surface area (Å²) in [7, 11) is 0. The first-order valence-corrected chi connectivity index (χ1v) is 8.87. The Kier molecular flexibility index (Phi) is 3.75. The average molecular weight is 297 g/mol. The molecule has 110 valence electrons. The van der Waals surface area contributed by atoms with Gasteiger partial charge < -0.3 is 4.57 Å². The molecule has 0 saturated carbocycles. The van der Waals surface area contributed by atoms with Gasteiger partial charge in [0.05, 0.1) is 5.52 Å². The lowest BCUT2D eigenvalue weighted by molar-refractivity contribution is 0.641. The molecule has 2 heteroatoms. The molecule has 0 atom stereocenters. The predicted molar refractivity (Wildman–Crippen MR) is 95.7 cm³/mol. The Morgan fingerprint density at radius 1 is 0.857 bits per heavy atom. The van der Waals surface area contributed by atoms with Crippen LogP contribution in [0.15, 0.2) is 41.3 Å². The number of rotatable bonds is 3. The van der Waals surface area contributed by atoms with Crippen LogP contribution in [-0.2, 0) is 0 Å². The van der Waals surface area contributed by atoms with Crippen LogP contribution in [0, 0.1) is 0 Å². The Morgan fingerprint density at radius 2 is 1.48 bits per heavy atom. The molecule has 0 N–H and O–H groups in total. The highest BCUT2D eigenvalue weighted by atomic mass is 32.2. The van der Waals surface area contributed by atoms with Crippen LogP contribution in [0.5, 0.6) is 0 Å². The molecule has 0 saturated heterocycles. The normalized spacial score (nSPS) is 12.1. The molecule has 1 nitrogen and oxygen atoms in total. The molecule has 0 spiro atoms. The van der Waals surface area contributed by atoms with Gasteiger partial charge >= 0.3 is 0 Å². The molecule has 0 unspecified atom stereocenters. The summed E-state index contributed by atoms with van der Waals surface area (Å²) < 4.78 is 2.48. The van der Waals surface area contributed by atoms with E-state index in [0.29, 0.717) is 12.0 Å². The summed E-state index contributed by atoms with van der Waals surface area (Å²) in [6.07, 6.45) is 2.14. The van der Waals surface area contributed by atoms with Crippen molar-refractivity contribution in [1.82, 2.24) is 4.57 Å². The molecule has 1 aromatic heterocycles. The maximum atomic E-state index is 2.48. The van der Waals surface area contributed by atoms with Gasteiger partial charge in [0, 0.05) is 27.2 Å². The van der Waals surface area contributed by atoms with Gasteiger partial charge in [0.25, 0.3) is 0 Å². The minimum atomic E-state index is 0.463. The lowest BCUT2D eigenvalue weighted by Gasteiger charge is -2.13. The molecule has 0 amide bonds. The number of aromatic nitrogens is 1. The van der Waals surface area contributed by atoms with E-state index < -0.39 is 0 Å². The van der Waals surface area contributed by atoms with E-state index in [-0.39, 0.29) is 0 Å². The van der Waals surface area contributed by atoms with Crippen molar-refractivity contribution in [1.29, 1.82) is 0 Å². The zero-order valence-electron chi connectivity index (χ0n) is 13.5. The van der Waals surface area contributed by atoms with Crippen molar-refractivity contribution >= 4 is 33.6 Å². The fourth-order valence-corrected chi connectivity index (χ4v) is 3.52. The second-order valence-corrected chi connectivity index (χ2v) is 7.16. The summed E-state index contributed by atoms with van der Waals surface area (Å²) in [6.45, 7) is 9.06. The number of thioether (sulfide) groups is 1. The van der Waals surface area contributed by atoms with Gasteiger partial charge in [0.2, 0.25) is 0 Å². The topological polar surface area (TPSA) is 4.93 Å². The number of hydrogen-bond donors (Lipinski definition) is 0. The molecular formula is C19H23NS. The van der Waals surface area contributed by atoms with Gasteiger partial charge in [-0.05, 0) is 49.8 Å². The van der Waals surface area contributed by atoms with Crippen molar-refractivity contribution in [2.75, 3.05) is 6.26 Å². The zero-order valence-corrected chi connectivity index (χ0v) is 14.3. The molecule has 0 aliphatic heterocycles. The summed E-state index contributed by atoms with van der Waals surface area (Å²) in [5, 5.41) is 2.74. The van der Waals surface area contributed by atoms with E-state index in [1.54, 1.807) is 0 Å². The van der Waals surface area contributed by atoms with Crippen LogP contribution in [0.25, 0.3) is 21.8 Å². The Labute approximate surface area is 131 Å². The van der Waals surface area contributed by atoms with Crippen LogP contribution >= 0.6 is 11.8 Å². The van der Waals surface area contributed by atoms with Crippen molar-refractivity contribution < 1.29 is 0 Å². The molecule has 0 aliphatic carbocycles. The van der Waals surface area contributed by atoms with Crippen LogP contribution in [0.4, 0.5) is 0 Å². The lowest BCUT2D eigenvalue weighted by atomic mass is 10.0. The van der Waals surface area contributed by atoms with Crippen molar-refractivity contribution in [2.24, 2.45) is 0 Å². The maximum Gasteiger partial charge on any atom is 0.0505 e. The quantitative estimate of drug-likeness (QED) is 0.519. The van der Waals surface area contributed by atoms with E-state index in [1.807, 2.05) is 11.8 Å². The van der Waals surface area contributed by atoms with Gasteiger partial charge in [-0.1, -0.05) is 32.0 Å². The Bertz CT molecular complexity index is 796. The van der Waals surface area contributed by atoms with E-state index in [2.05, 4.69) is 74.9 Å². The Morgan fingerprint density at radius 3 is 2.05 bits per heavy atom. The third kappa shape index (κ3) is 2.36. The monoisotopic (exact) mass is 297 g/mol. The average Bonchev–Trinajstić information content (AvgIpc) is 2.79. The molecule has 2 aromatic carbocycles. The Balaban J connectivity index is 2.42. The van der Waals surface area contributed by atoms with E-state index in [9.17, 15) is 0 Å². The molecule has 3 aromatic rings. The third-order valence-electron chi connectivity index (χ3n) is 4.22. The van der Waals surface area contributed by atoms with Crippen molar-refractivity contribution in [2.45, 2.75) is 44.6 Å². The molecule has 0 fully saturated rings. The fourth-order valence-electron chi connectivity index (χ4n) is 3.09. The van der Waals surface area contributed by atoms with Crippen molar-refractivity contribution in [3.63, 3.8) is 0 Å². The number of nitrogens with zero attached hydrogens (tertiary/aromatic N) is 1. The van der Waals surface area contributed by atoms with Gasteiger partial charge in [-0.25, -0.2) is 0 Å². The van der Waals surface area contributed by atoms with Crippen LogP contribution in [0.2, 0.25) is 0 Å². The van der Waals surface area contributed by atoms with Crippen LogP contribution in [0.3, 0.4) is 0 Å². The second-order valence-electron chi connectivity index (χ2n) is 6.28. The van der Waals surface area contributed by atoms with E-state index in [4.69, 9.17) is 0 Å². The molecule has 21 heavy (non-hydrogen) atoms. The highest BCUT2D eigenvalue weighted by Gasteiger charge is 2.14. The summed E-state index contributed by atoms with van der Waals surface area (Å²) >= 11 is 1.81. The molecular weight excluding hydrogens is 274 g/mol. The summed E-state index contributed by atoms with van der Waals surface area (Å²) in [6, 6.07) is 14.2. The predicted octanol–water partition coefficient (Wildman–Crippen LogP) is 6.22. The van der Waals surface area contributed by atoms with E-state index >= 15 is 0 Å². The number of hydrogen-bond acceptors (Lipinski definition) is 1. The Hall–Kier alpha value is -1.41. The first kappa shape index (κ1) is 14.5. The fraction of sp³-hybridized carbons (Fsp3) is 0.368. The van der Waals surface area contributed by atoms with Crippen molar-refractivity contribution in [3.05, 3.63) is 42.0 Å². The second kappa shape index (κ2) is 5.42. The minimum absolute atomic E-state index is 0.463. The number of benzene rings is 2.